The van der Waals surface area contributed by atoms with Gasteiger partial charge in [0, 0.05) is 12.1 Å². The maximum Gasteiger partial charge on any atom is 0.307 e. The molecule has 0 spiro atoms. The second-order valence-electron chi connectivity index (χ2n) is 2.92. The molecule has 4 heteroatoms. The Labute approximate surface area is 87.3 Å². The summed E-state index contributed by atoms with van der Waals surface area (Å²) in [5.41, 5.74) is 1.56. The van der Waals surface area contributed by atoms with Gasteiger partial charge in [0.15, 0.2) is 0 Å². The zero-order valence-corrected chi connectivity index (χ0v) is 8.54. The number of carboxylic acid groups (broad SMARTS) is 1. The fourth-order valence-electron chi connectivity index (χ4n) is 1.22. The van der Waals surface area contributed by atoms with Gasteiger partial charge in [-0.1, -0.05) is 17.7 Å². The lowest BCUT2D eigenvalue weighted by Crippen LogP contribution is -2.04. The monoisotopic (exact) mass is 214 g/mol. The summed E-state index contributed by atoms with van der Waals surface area (Å²) in [6.07, 6.45) is -0.00410. The highest BCUT2D eigenvalue weighted by Crippen LogP contribution is 2.17. The number of methoxy groups -OCH3 is 1. The van der Waals surface area contributed by atoms with E-state index in [1.807, 2.05) is 0 Å². The summed E-state index contributed by atoms with van der Waals surface area (Å²) in [6.45, 7) is 0.378. The van der Waals surface area contributed by atoms with Crippen LogP contribution >= 0.6 is 11.6 Å². The summed E-state index contributed by atoms with van der Waals surface area (Å²) in [5.74, 6) is -0.857. The molecule has 1 rings (SSSR count). The molecule has 0 fully saturated rings. The first-order chi connectivity index (χ1) is 6.63. The van der Waals surface area contributed by atoms with Crippen LogP contribution in [0.15, 0.2) is 18.2 Å². The summed E-state index contributed by atoms with van der Waals surface area (Å²) in [5, 5.41) is 9.24. The van der Waals surface area contributed by atoms with Gasteiger partial charge in [0.2, 0.25) is 0 Å². The van der Waals surface area contributed by atoms with Crippen LogP contribution in [-0.2, 0) is 22.6 Å². The van der Waals surface area contributed by atoms with Gasteiger partial charge in [-0.15, -0.1) is 0 Å². The third-order valence-electron chi connectivity index (χ3n) is 1.81. The van der Waals surface area contributed by atoms with E-state index in [0.717, 1.165) is 11.1 Å². The minimum absolute atomic E-state index is 0.00410. The summed E-state index contributed by atoms with van der Waals surface area (Å²) >= 11 is 5.79. The standard InChI is InChI=1S/C10H11ClO3/c1-14-6-8-4-9(11)3-2-7(8)5-10(12)13/h2-4H,5-6H2,1H3,(H,12,13). The van der Waals surface area contributed by atoms with E-state index in [4.69, 9.17) is 21.4 Å². The molecule has 0 heterocycles. The number of aliphatic carboxylic acids is 1. The van der Waals surface area contributed by atoms with Crippen LogP contribution in [-0.4, -0.2) is 18.2 Å². The number of halogens is 1. The van der Waals surface area contributed by atoms with E-state index >= 15 is 0 Å². The third kappa shape index (κ3) is 3.01. The van der Waals surface area contributed by atoms with Crippen molar-refractivity contribution in [3.63, 3.8) is 0 Å². The van der Waals surface area contributed by atoms with Gasteiger partial charge in [-0.05, 0) is 23.3 Å². The summed E-state index contributed by atoms with van der Waals surface area (Å²) in [4.78, 5) is 10.5. The molecular weight excluding hydrogens is 204 g/mol. The van der Waals surface area contributed by atoms with E-state index in [1.165, 1.54) is 0 Å². The Morgan fingerprint density at radius 3 is 2.79 bits per heavy atom. The van der Waals surface area contributed by atoms with Crippen molar-refractivity contribution in [3.8, 4) is 0 Å². The van der Waals surface area contributed by atoms with Crippen molar-refractivity contribution < 1.29 is 14.6 Å². The van der Waals surface area contributed by atoms with Crippen molar-refractivity contribution in [2.75, 3.05) is 7.11 Å². The van der Waals surface area contributed by atoms with Crippen LogP contribution in [0.2, 0.25) is 5.02 Å². The lowest BCUT2D eigenvalue weighted by molar-refractivity contribution is -0.136. The minimum atomic E-state index is -0.857. The highest BCUT2D eigenvalue weighted by molar-refractivity contribution is 6.30. The van der Waals surface area contributed by atoms with Crippen molar-refractivity contribution >= 4 is 17.6 Å². The number of carboxylic acids is 1. The first-order valence-electron chi connectivity index (χ1n) is 4.11. The largest absolute Gasteiger partial charge is 0.481 e. The van der Waals surface area contributed by atoms with Crippen LogP contribution in [0, 0.1) is 0 Å². The topological polar surface area (TPSA) is 46.5 Å². The molecule has 0 atom stereocenters. The summed E-state index contributed by atoms with van der Waals surface area (Å²) < 4.78 is 4.95. The molecule has 76 valence electrons. The molecule has 0 radical (unpaired) electrons. The SMILES string of the molecule is COCc1cc(Cl)ccc1CC(=O)O. The van der Waals surface area contributed by atoms with Gasteiger partial charge in [0.25, 0.3) is 0 Å². The molecule has 0 aliphatic rings. The van der Waals surface area contributed by atoms with Crippen LogP contribution in [0.4, 0.5) is 0 Å². The van der Waals surface area contributed by atoms with E-state index in [2.05, 4.69) is 0 Å². The number of hydrogen-bond acceptors (Lipinski definition) is 2. The van der Waals surface area contributed by atoms with Gasteiger partial charge in [-0.3, -0.25) is 4.79 Å². The highest BCUT2D eigenvalue weighted by Gasteiger charge is 2.06. The molecule has 0 aliphatic heterocycles. The highest BCUT2D eigenvalue weighted by atomic mass is 35.5. The molecule has 0 aliphatic carbocycles. The molecule has 0 saturated carbocycles. The third-order valence-corrected chi connectivity index (χ3v) is 2.04. The number of ether oxygens (including phenoxy) is 1. The second-order valence-corrected chi connectivity index (χ2v) is 3.35. The van der Waals surface area contributed by atoms with E-state index < -0.39 is 5.97 Å². The zero-order chi connectivity index (χ0) is 10.6. The van der Waals surface area contributed by atoms with Gasteiger partial charge >= 0.3 is 5.97 Å². The average Bonchev–Trinajstić information content (AvgIpc) is 2.09. The van der Waals surface area contributed by atoms with E-state index in [-0.39, 0.29) is 6.42 Å². The Bertz CT molecular complexity index is 336. The van der Waals surface area contributed by atoms with Crippen molar-refractivity contribution in [2.45, 2.75) is 13.0 Å². The van der Waals surface area contributed by atoms with E-state index in [1.54, 1.807) is 25.3 Å². The Morgan fingerprint density at radius 2 is 2.21 bits per heavy atom. The van der Waals surface area contributed by atoms with Crippen LogP contribution < -0.4 is 0 Å². The van der Waals surface area contributed by atoms with Crippen molar-refractivity contribution in [2.24, 2.45) is 0 Å². The van der Waals surface area contributed by atoms with E-state index in [0.29, 0.717) is 11.6 Å². The fourth-order valence-corrected chi connectivity index (χ4v) is 1.41. The number of hydrogen-bond donors (Lipinski definition) is 1. The molecule has 0 saturated heterocycles. The van der Waals surface area contributed by atoms with Crippen LogP contribution in [0.25, 0.3) is 0 Å². The van der Waals surface area contributed by atoms with Gasteiger partial charge in [0.05, 0.1) is 13.0 Å². The fraction of sp³-hybridized carbons (Fsp3) is 0.300. The molecule has 1 aromatic carbocycles. The lowest BCUT2D eigenvalue weighted by Gasteiger charge is -2.06. The molecule has 0 amide bonds. The normalized spacial score (nSPS) is 10.1. The Hall–Kier alpha value is -1.06. The maximum atomic E-state index is 10.5. The van der Waals surface area contributed by atoms with Crippen molar-refractivity contribution in [1.82, 2.24) is 0 Å². The number of carbonyl (C=O) groups is 1. The predicted molar refractivity (Wildman–Crippen MR) is 53.5 cm³/mol. The second kappa shape index (κ2) is 4.98. The van der Waals surface area contributed by atoms with Gasteiger partial charge in [-0.25, -0.2) is 0 Å². The van der Waals surface area contributed by atoms with Gasteiger partial charge in [0.1, 0.15) is 0 Å². The Balaban J connectivity index is 2.95. The Kier molecular flexibility index (Phi) is 3.92. The summed E-state index contributed by atoms with van der Waals surface area (Å²) in [7, 11) is 1.56. The molecular formula is C10H11ClO3. The van der Waals surface area contributed by atoms with Gasteiger partial charge in [-0.2, -0.15) is 0 Å². The van der Waals surface area contributed by atoms with Crippen molar-refractivity contribution in [3.05, 3.63) is 34.3 Å². The predicted octanol–water partition coefficient (Wildman–Crippen LogP) is 2.11. The quantitative estimate of drug-likeness (QED) is 0.835. The van der Waals surface area contributed by atoms with Crippen LogP contribution in [0.1, 0.15) is 11.1 Å². The van der Waals surface area contributed by atoms with Crippen LogP contribution in [0.3, 0.4) is 0 Å². The maximum absolute atomic E-state index is 10.5. The molecule has 1 aromatic rings. The average molecular weight is 215 g/mol. The molecule has 14 heavy (non-hydrogen) atoms. The first kappa shape index (κ1) is 11.0. The van der Waals surface area contributed by atoms with Crippen LogP contribution in [0.5, 0.6) is 0 Å². The van der Waals surface area contributed by atoms with Gasteiger partial charge < -0.3 is 9.84 Å². The van der Waals surface area contributed by atoms with Crippen molar-refractivity contribution in [1.29, 1.82) is 0 Å². The molecule has 0 aromatic heterocycles. The number of benzene rings is 1. The zero-order valence-electron chi connectivity index (χ0n) is 7.79. The Morgan fingerprint density at radius 1 is 1.50 bits per heavy atom. The lowest BCUT2D eigenvalue weighted by atomic mass is 10.1. The van der Waals surface area contributed by atoms with E-state index in [9.17, 15) is 4.79 Å². The first-order valence-corrected chi connectivity index (χ1v) is 4.49. The molecule has 0 unspecified atom stereocenters. The molecule has 3 nitrogen and oxygen atoms in total. The smallest absolute Gasteiger partial charge is 0.307 e. The summed E-state index contributed by atoms with van der Waals surface area (Å²) in [6, 6.07) is 5.12. The molecule has 0 bridgehead atoms. The number of rotatable bonds is 4. The minimum Gasteiger partial charge on any atom is -0.481 e. The molecule has 1 N–H and O–H groups in total.